The van der Waals surface area contributed by atoms with Crippen LogP contribution in [-0.2, 0) is 10.1 Å². The van der Waals surface area contributed by atoms with E-state index in [1.165, 1.54) is 45.4 Å². The summed E-state index contributed by atoms with van der Waals surface area (Å²) in [7, 11) is -4.06. The third-order valence-corrected chi connectivity index (χ3v) is 4.43. The normalized spacial score (nSPS) is 13.1. The number of unbranched alkanes of at least 4 members (excludes halogenated alkanes) is 8. The minimum absolute atomic E-state index is 0. The molecule has 0 fully saturated rings. The molecule has 0 spiro atoms. The molecule has 1 atom stereocenters. The van der Waals surface area contributed by atoms with Gasteiger partial charge in [0.15, 0.2) is 0 Å². The second-order valence-electron chi connectivity index (χ2n) is 4.92. The van der Waals surface area contributed by atoms with E-state index in [1.54, 1.807) is 0 Å². The summed E-state index contributed by atoms with van der Waals surface area (Å²) in [5.41, 5.74) is 0. The Morgan fingerprint density at radius 3 is 1.67 bits per heavy atom. The van der Waals surface area contributed by atoms with Gasteiger partial charge in [-0.1, -0.05) is 64.7 Å². The van der Waals surface area contributed by atoms with E-state index in [2.05, 4.69) is 6.92 Å². The molecule has 0 radical (unpaired) electrons. The van der Waals surface area contributed by atoms with Crippen molar-refractivity contribution in [3.63, 3.8) is 0 Å². The van der Waals surface area contributed by atoms with E-state index in [9.17, 15) is 13.0 Å². The van der Waals surface area contributed by atoms with Crippen molar-refractivity contribution < 1.29 is 42.5 Å². The average molecular weight is 286 g/mol. The summed E-state index contributed by atoms with van der Waals surface area (Å²) in [6.45, 7) is 3.72. The van der Waals surface area contributed by atoms with Crippen LogP contribution in [0.1, 0.15) is 78.1 Å². The van der Waals surface area contributed by atoms with Gasteiger partial charge in [-0.15, -0.1) is 0 Å². The zero-order valence-electron chi connectivity index (χ0n) is 12.3. The van der Waals surface area contributed by atoms with Gasteiger partial charge >= 0.3 is 29.6 Å². The van der Waals surface area contributed by atoms with Gasteiger partial charge in [0.2, 0.25) is 0 Å². The molecule has 18 heavy (non-hydrogen) atoms. The average Bonchev–Trinajstić information content (AvgIpc) is 2.25. The summed E-state index contributed by atoms with van der Waals surface area (Å²) >= 11 is 0. The second kappa shape index (κ2) is 12.9. The first-order valence-electron chi connectivity index (χ1n) is 6.93. The molecule has 0 aliphatic rings. The quantitative estimate of drug-likeness (QED) is 0.321. The zero-order chi connectivity index (χ0) is 13.1. The van der Waals surface area contributed by atoms with Crippen molar-refractivity contribution in [1.29, 1.82) is 0 Å². The van der Waals surface area contributed by atoms with Crippen molar-refractivity contribution >= 4 is 10.1 Å². The molecule has 3 nitrogen and oxygen atoms in total. The maximum Gasteiger partial charge on any atom is 1.00 e. The molecule has 0 aliphatic carbocycles. The molecular weight excluding hydrogens is 259 g/mol. The van der Waals surface area contributed by atoms with Gasteiger partial charge in [0.25, 0.3) is 0 Å². The first-order chi connectivity index (χ1) is 7.98. The monoisotopic (exact) mass is 286 g/mol. The van der Waals surface area contributed by atoms with Gasteiger partial charge in [0, 0.05) is 5.25 Å². The van der Waals surface area contributed by atoms with E-state index in [1.807, 2.05) is 0 Å². The van der Waals surface area contributed by atoms with E-state index in [-0.39, 0.29) is 29.6 Å². The topological polar surface area (TPSA) is 57.2 Å². The van der Waals surface area contributed by atoms with Crippen LogP contribution in [0.3, 0.4) is 0 Å². The molecule has 0 N–H and O–H groups in total. The first kappa shape index (κ1) is 21.2. The van der Waals surface area contributed by atoms with Crippen molar-refractivity contribution in [2.24, 2.45) is 0 Å². The van der Waals surface area contributed by atoms with Crippen LogP contribution in [-0.4, -0.2) is 18.2 Å². The first-order valence-corrected chi connectivity index (χ1v) is 8.40. The minimum atomic E-state index is -4.06. The van der Waals surface area contributed by atoms with E-state index in [0.29, 0.717) is 6.42 Å². The van der Waals surface area contributed by atoms with Gasteiger partial charge in [-0.05, 0) is 13.3 Å². The molecule has 0 saturated heterocycles. The van der Waals surface area contributed by atoms with E-state index < -0.39 is 15.4 Å². The van der Waals surface area contributed by atoms with Gasteiger partial charge in [-0.3, -0.25) is 0 Å². The third-order valence-electron chi connectivity index (χ3n) is 3.21. The maximum absolute atomic E-state index is 10.6. The van der Waals surface area contributed by atoms with E-state index in [4.69, 9.17) is 0 Å². The molecule has 104 valence electrons. The standard InChI is InChI=1S/C13H28O3S.Na/c1-3-4-5-6-7-8-9-10-11-12-13(2)17(14,15)16;/h13H,3-12H2,1-2H3,(H,14,15,16);/q;+1/p-1. The summed E-state index contributed by atoms with van der Waals surface area (Å²) in [4.78, 5) is 0. The molecule has 0 aromatic carbocycles. The number of rotatable bonds is 11. The minimum Gasteiger partial charge on any atom is -0.748 e. The SMILES string of the molecule is CCCCCCCCCCCC(C)S(=O)(=O)[O-].[Na+]. The van der Waals surface area contributed by atoms with Crippen LogP contribution in [0.4, 0.5) is 0 Å². The molecule has 0 bridgehead atoms. The van der Waals surface area contributed by atoms with Crippen LogP contribution in [0.15, 0.2) is 0 Å². The molecule has 0 aromatic rings. The summed E-state index contributed by atoms with van der Waals surface area (Å²) in [6, 6.07) is 0. The Hall–Kier alpha value is 0.910. The van der Waals surface area contributed by atoms with Crippen molar-refractivity contribution in [2.45, 2.75) is 83.3 Å². The fraction of sp³-hybridized carbons (Fsp3) is 1.00. The molecule has 5 heteroatoms. The fourth-order valence-corrected chi connectivity index (χ4v) is 2.34. The van der Waals surface area contributed by atoms with Crippen LogP contribution in [0.25, 0.3) is 0 Å². The van der Waals surface area contributed by atoms with Gasteiger partial charge in [0.1, 0.15) is 0 Å². The number of hydrogen-bond acceptors (Lipinski definition) is 3. The molecule has 1 unspecified atom stereocenters. The summed E-state index contributed by atoms with van der Waals surface area (Å²) in [5.74, 6) is 0. The molecule has 0 aliphatic heterocycles. The maximum atomic E-state index is 10.6. The van der Waals surface area contributed by atoms with Gasteiger partial charge in [-0.2, -0.15) is 0 Å². The molecule has 0 amide bonds. The molecule has 0 aromatic heterocycles. The van der Waals surface area contributed by atoms with Crippen molar-refractivity contribution in [1.82, 2.24) is 0 Å². The van der Waals surface area contributed by atoms with Crippen LogP contribution in [0.5, 0.6) is 0 Å². The van der Waals surface area contributed by atoms with Gasteiger partial charge in [-0.25, -0.2) is 8.42 Å². The van der Waals surface area contributed by atoms with E-state index in [0.717, 1.165) is 19.3 Å². The van der Waals surface area contributed by atoms with Crippen LogP contribution >= 0.6 is 0 Å². The largest absolute Gasteiger partial charge is 1.00 e. The van der Waals surface area contributed by atoms with Crippen molar-refractivity contribution in [3.8, 4) is 0 Å². The zero-order valence-corrected chi connectivity index (χ0v) is 15.1. The van der Waals surface area contributed by atoms with Crippen LogP contribution in [0, 0.1) is 0 Å². The predicted molar refractivity (Wildman–Crippen MR) is 71.0 cm³/mol. The van der Waals surface area contributed by atoms with Crippen molar-refractivity contribution in [3.05, 3.63) is 0 Å². The second-order valence-corrected chi connectivity index (χ2v) is 6.71. The Balaban J connectivity index is 0. The Labute approximate surface area is 135 Å². The summed E-state index contributed by atoms with van der Waals surface area (Å²) < 4.78 is 31.9. The third kappa shape index (κ3) is 13.3. The summed E-state index contributed by atoms with van der Waals surface area (Å²) in [6.07, 6.45) is 11.4. The number of hydrogen-bond donors (Lipinski definition) is 0. The van der Waals surface area contributed by atoms with Gasteiger partial charge < -0.3 is 4.55 Å². The Kier molecular flexibility index (Phi) is 15.2. The smallest absolute Gasteiger partial charge is 0.748 e. The summed E-state index contributed by atoms with van der Waals surface area (Å²) in [5, 5.41) is -0.716. The Morgan fingerprint density at radius 1 is 0.889 bits per heavy atom. The van der Waals surface area contributed by atoms with Crippen molar-refractivity contribution in [2.75, 3.05) is 0 Å². The molecular formula is C13H27NaO3S. The molecule has 0 rings (SSSR count). The van der Waals surface area contributed by atoms with Crippen LogP contribution in [0.2, 0.25) is 0 Å². The van der Waals surface area contributed by atoms with Crippen LogP contribution < -0.4 is 29.6 Å². The Morgan fingerprint density at radius 2 is 1.28 bits per heavy atom. The molecule has 0 heterocycles. The molecule has 0 saturated carbocycles. The van der Waals surface area contributed by atoms with E-state index >= 15 is 0 Å². The van der Waals surface area contributed by atoms with Gasteiger partial charge in [0.05, 0.1) is 10.1 Å². The Bertz CT molecular complexity index is 265. The predicted octanol–water partition coefficient (Wildman–Crippen LogP) is 0.845. The fourth-order valence-electron chi connectivity index (χ4n) is 1.89.